The van der Waals surface area contributed by atoms with Crippen LogP contribution in [0.4, 0.5) is 5.69 Å². The second kappa shape index (κ2) is 5.69. The van der Waals surface area contributed by atoms with Crippen LogP contribution in [0, 0.1) is 0 Å². The van der Waals surface area contributed by atoms with E-state index in [9.17, 15) is 13.2 Å². The number of anilines is 1. The van der Waals surface area contributed by atoms with E-state index in [4.69, 9.17) is 17.3 Å². The summed E-state index contributed by atoms with van der Waals surface area (Å²) in [6, 6.07) is 3.47. The summed E-state index contributed by atoms with van der Waals surface area (Å²) in [5.74, 6) is -0.398. The second-order valence-corrected chi connectivity index (χ2v) is 6.34. The van der Waals surface area contributed by atoms with Crippen molar-refractivity contribution < 1.29 is 13.2 Å². The molecule has 0 saturated carbocycles. The summed E-state index contributed by atoms with van der Waals surface area (Å²) in [7, 11) is -3.34. The zero-order valence-corrected chi connectivity index (χ0v) is 11.7. The Kier molecular flexibility index (Phi) is 4.72. The molecule has 1 amide bonds. The first-order valence-corrected chi connectivity index (χ1v) is 7.58. The molecule has 0 spiro atoms. The van der Waals surface area contributed by atoms with Crippen LogP contribution in [0.1, 0.15) is 13.3 Å². The maximum atomic E-state index is 11.6. The molecule has 7 heteroatoms. The molecular weight excluding hydrogens is 276 g/mol. The lowest BCUT2D eigenvalue weighted by Gasteiger charge is -2.12. The first kappa shape index (κ1) is 14.9. The number of amides is 1. The van der Waals surface area contributed by atoms with E-state index in [1.807, 2.05) is 0 Å². The minimum absolute atomic E-state index is 0.0901. The van der Waals surface area contributed by atoms with Gasteiger partial charge in [0.15, 0.2) is 9.84 Å². The number of nitrogens with two attached hydrogens (primary N) is 1. The molecule has 0 saturated heterocycles. The van der Waals surface area contributed by atoms with Crippen molar-refractivity contribution in [2.45, 2.75) is 24.3 Å². The summed E-state index contributed by atoms with van der Waals surface area (Å²) in [6.45, 7) is 1.78. The summed E-state index contributed by atoms with van der Waals surface area (Å²) in [4.78, 5) is 11.7. The quantitative estimate of drug-likeness (QED) is 0.877. The number of nitrogens with one attached hydrogen (secondary N) is 1. The van der Waals surface area contributed by atoms with Crippen LogP contribution in [0.5, 0.6) is 0 Å². The Morgan fingerprint density at radius 2 is 2.11 bits per heavy atom. The minimum atomic E-state index is -3.34. The highest BCUT2D eigenvalue weighted by atomic mass is 35.5. The Labute approximate surface area is 111 Å². The maximum Gasteiger partial charge on any atom is 0.241 e. The summed E-state index contributed by atoms with van der Waals surface area (Å²) in [6.07, 6.45) is 1.56. The third-order valence-corrected chi connectivity index (χ3v) is 3.84. The van der Waals surface area contributed by atoms with E-state index < -0.39 is 21.8 Å². The lowest BCUT2D eigenvalue weighted by molar-refractivity contribution is -0.117. The first-order valence-electron chi connectivity index (χ1n) is 5.31. The van der Waals surface area contributed by atoms with Crippen LogP contribution in [-0.4, -0.2) is 26.6 Å². The van der Waals surface area contributed by atoms with E-state index in [-0.39, 0.29) is 15.6 Å². The second-order valence-electron chi connectivity index (χ2n) is 3.92. The van der Waals surface area contributed by atoms with Gasteiger partial charge in [-0.1, -0.05) is 18.5 Å². The molecule has 100 valence electrons. The van der Waals surface area contributed by atoms with Crippen molar-refractivity contribution in [2.24, 2.45) is 5.73 Å². The van der Waals surface area contributed by atoms with E-state index in [0.717, 1.165) is 6.26 Å². The number of rotatable bonds is 4. The Hall–Kier alpha value is -1.11. The number of benzene rings is 1. The van der Waals surface area contributed by atoms with Gasteiger partial charge in [-0.2, -0.15) is 0 Å². The maximum absolute atomic E-state index is 11.6. The standard InChI is InChI=1S/C11H15ClN2O3S/c1-3-9(13)11(15)14-10-6-7(18(2,16)17)4-5-8(10)12/h4-6,9H,3,13H2,1-2H3,(H,14,15)/t9-/m0/s1. The molecule has 0 heterocycles. The van der Waals surface area contributed by atoms with E-state index in [2.05, 4.69) is 5.32 Å². The smallest absolute Gasteiger partial charge is 0.241 e. The SMILES string of the molecule is CC[C@H](N)C(=O)Nc1cc(S(C)(=O)=O)ccc1Cl. The Bertz CT molecular complexity index is 557. The van der Waals surface area contributed by atoms with Gasteiger partial charge in [0.2, 0.25) is 5.91 Å². The van der Waals surface area contributed by atoms with Gasteiger partial charge in [-0.05, 0) is 24.6 Å². The van der Waals surface area contributed by atoms with Crippen LogP contribution in [0.3, 0.4) is 0 Å². The summed E-state index contributed by atoms with van der Waals surface area (Å²) in [5.41, 5.74) is 5.81. The zero-order valence-electron chi connectivity index (χ0n) is 10.1. The topological polar surface area (TPSA) is 89.3 Å². The molecule has 0 aromatic heterocycles. The Balaban J connectivity index is 3.06. The summed E-state index contributed by atoms with van der Waals surface area (Å²) in [5, 5.41) is 2.78. The molecule has 1 aromatic carbocycles. The van der Waals surface area contributed by atoms with Crippen molar-refractivity contribution in [1.82, 2.24) is 0 Å². The lowest BCUT2D eigenvalue weighted by atomic mass is 10.2. The third-order valence-electron chi connectivity index (χ3n) is 2.40. The molecule has 3 N–H and O–H groups in total. The monoisotopic (exact) mass is 290 g/mol. The van der Waals surface area contributed by atoms with Crippen LogP contribution in [-0.2, 0) is 14.6 Å². The fourth-order valence-corrected chi connectivity index (χ4v) is 2.05. The molecule has 5 nitrogen and oxygen atoms in total. The highest BCUT2D eigenvalue weighted by Gasteiger charge is 2.15. The van der Waals surface area contributed by atoms with Crippen molar-refractivity contribution in [1.29, 1.82) is 0 Å². The van der Waals surface area contributed by atoms with E-state index in [0.29, 0.717) is 6.42 Å². The Morgan fingerprint density at radius 3 is 2.61 bits per heavy atom. The fraction of sp³-hybridized carbons (Fsp3) is 0.364. The number of hydrogen-bond acceptors (Lipinski definition) is 4. The van der Waals surface area contributed by atoms with E-state index in [1.165, 1.54) is 18.2 Å². The molecule has 18 heavy (non-hydrogen) atoms. The van der Waals surface area contributed by atoms with Gasteiger partial charge in [0.05, 0.1) is 21.6 Å². The summed E-state index contributed by atoms with van der Waals surface area (Å²) >= 11 is 5.89. The van der Waals surface area contributed by atoms with Crippen molar-refractivity contribution in [2.75, 3.05) is 11.6 Å². The molecule has 0 unspecified atom stereocenters. The van der Waals surface area contributed by atoms with Gasteiger partial charge in [-0.3, -0.25) is 4.79 Å². The number of carbonyl (C=O) groups excluding carboxylic acids is 1. The molecule has 0 aliphatic carbocycles. The fourth-order valence-electron chi connectivity index (χ4n) is 1.24. The van der Waals surface area contributed by atoms with E-state index in [1.54, 1.807) is 6.92 Å². The molecule has 1 atom stereocenters. The van der Waals surface area contributed by atoms with Gasteiger partial charge >= 0.3 is 0 Å². The number of hydrogen-bond donors (Lipinski definition) is 2. The van der Waals surface area contributed by atoms with Crippen molar-refractivity contribution in [3.8, 4) is 0 Å². The van der Waals surface area contributed by atoms with Crippen LogP contribution in [0.15, 0.2) is 23.1 Å². The van der Waals surface area contributed by atoms with Crippen molar-refractivity contribution in [3.05, 3.63) is 23.2 Å². The summed E-state index contributed by atoms with van der Waals surface area (Å²) < 4.78 is 22.8. The molecule has 1 aromatic rings. The van der Waals surface area contributed by atoms with Crippen LogP contribution < -0.4 is 11.1 Å². The minimum Gasteiger partial charge on any atom is -0.323 e. The zero-order chi connectivity index (χ0) is 13.9. The van der Waals surface area contributed by atoms with Gasteiger partial charge in [-0.15, -0.1) is 0 Å². The van der Waals surface area contributed by atoms with Gasteiger partial charge in [0, 0.05) is 6.26 Å². The molecule has 0 radical (unpaired) electrons. The third kappa shape index (κ3) is 3.69. The van der Waals surface area contributed by atoms with E-state index >= 15 is 0 Å². The van der Waals surface area contributed by atoms with Crippen LogP contribution in [0.2, 0.25) is 5.02 Å². The lowest BCUT2D eigenvalue weighted by Crippen LogP contribution is -2.34. The largest absolute Gasteiger partial charge is 0.323 e. The average Bonchev–Trinajstić information content (AvgIpc) is 2.29. The Morgan fingerprint density at radius 1 is 1.50 bits per heavy atom. The molecule has 0 bridgehead atoms. The normalized spacial score (nSPS) is 13.1. The van der Waals surface area contributed by atoms with Crippen LogP contribution in [0.25, 0.3) is 0 Å². The van der Waals surface area contributed by atoms with Gasteiger partial charge in [-0.25, -0.2) is 8.42 Å². The van der Waals surface area contributed by atoms with Crippen LogP contribution >= 0.6 is 11.6 Å². The number of carbonyl (C=O) groups is 1. The number of sulfone groups is 1. The predicted octanol–water partition coefficient (Wildman–Crippen LogP) is 1.42. The van der Waals surface area contributed by atoms with Gasteiger partial charge in [0.25, 0.3) is 0 Å². The molecule has 1 rings (SSSR count). The molecule has 0 aliphatic rings. The first-order chi connectivity index (χ1) is 8.25. The van der Waals surface area contributed by atoms with Gasteiger partial charge in [0.1, 0.15) is 0 Å². The predicted molar refractivity (Wildman–Crippen MR) is 71.5 cm³/mol. The molecule has 0 fully saturated rings. The highest BCUT2D eigenvalue weighted by Crippen LogP contribution is 2.25. The van der Waals surface area contributed by atoms with Crippen molar-refractivity contribution in [3.63, 3.8) is 0 Å². The average molecular weight is 291 g/mol. The highest BCUT2D eigenvalue weighted by molar-refractivity contribution is 7.90. The molecule has 0 aliphatic heterocycles. The number of halogens is 1. The molecular formula is C11H15ClN2O3S. The van der Waals surface area contributed by atoms with Crippen molar-refractivity contribution >= 4 is 33.0 Å². The van der Waals surface area contributed by atoms with Gasteiger partial charge < -0.3 is 11.1 Å².